The van der Waals surface area contributed by atoms with Gasteiger partial charge in [0.25, 0.3) is 5.91 Å². The zero-order chi connectivity index (χ0) is 25.9. The van der Waals surface area contributed by atoms with Gasteiger partial charge in [0, 0.05) is 37.6 Å². The maximum absolute atomic E-state index is 13.1. The molecule has 0 aliphatic heterocycles. The van der Waals surface area contributed by atoms with Crippen molar-refractivity contribution in [3.05, 3.63) is 28.8 Å². The summed E-state index contributed by atoms with van der Waals surface area (Å²) < 4.78 is 5.56. The van der Waals surface area contributed by atoms with Crippen LogP contribution in [-0.2, 0) is 4.74 Å². The molecule has 0 aromatic heterocycles. The van der Waals surface area contributed by atoms with Crippen molar-refractivity contribution in [2.24, 2.45) is 23.2 Å². The lowest BCUT2D eigenvalue weighted by Crippen LogP contribution is -2.51. The lowest BCUT2D eigenvalue weighted by atomic mass is 9.49. The number of anilines is 1. The van der Waals surface area contributed by atoms with Crippen molar-refractivity contribution < 1.29 is 14.3 Å². The highest BCUT2D eigenvalue weighted by molar-refractivity contribution is 7.98. The fourth-order valence-corrected chi connectivity index (χ4v) is 7.44. The van der Waals surface area contributed by atoms with Crippen LogP contribution in [0, 0.1) is 23.2 Å². The number of ether oxygens (including phenoxy) is 1. The molecule has 4 bridgehead atoms. The van der Waals surface area contributed by atoms with Gasteiger partial charge < -0.3 is 20.3 Å². The summed E-state index contributed by atoms with van der Waals surface area (Å²) >= 11 is 8.13. The van der Waals surface area contributed by atoms with Crippen LogP contribution < -0.4 is 10.6 Å². The van der Waals surface area contributed by atoms with E-state index in [-0.39, 0.29) is 17.4 Å². The smallest absolute Gasteiger partial charge is 0.410 e. The van der Waals surface area contributed by atoms with E-state index in [0.29, 0.717) is 30.2 Å². The summed E-state index contributed by atoms with van der Waals surface area (Å²) in [6, 6.07) is 5.46. The van der Waals surface area contributed by atoms with Crippen molar-refractivity contribution in [3.63, 3.8) is 0 Å². The molecule has 4 fully saturated rings. The Balaban J connectivity index is 1.32. The van der Waals surface area contributed by atoms with Gasteiger partial charge in [-0.2, -0.15) is 11.8 Å². The first kappa shape index (κ1) is 27.4. The lowest BCUT2D eigenvalue weighted by molar-refractivity contribution is -0.0503. The van der Waals surface area contributed by atoms with Crippen LogP contribution >= 0.6 is 23.4 Å². The Labute approximate surface area is 225 Å². The van der Waals surface area contributed by atoms with E-state index in [1.807, 2.05) is 39.2 Å². The Bertz CT molecular complexity index is 913. The van der Waals surface area contributed by atoms with Gasteiger partial charge in [-0.15, -0.1) is 0 Å². The fourth-order valence-electron chi connectivity index (χ4n) is 6.84. The number of hydrogen-bond donors (Lipinski definition) is 2. The minimum absolute atomic E-state index is 0.102. The first-order valence-corrected chi connectivity index (χ1v) is 15.1. The molecule has 0 heterocycles. The number of carbonyl (C=O) groups excluding carboxylic acids is 2. The van der Waals surface area contributed by atoms with Crippen LogP contribution in [0.15, 0.2) is 18.2 Å². The van der Waals surface area contributed by atoms with E-state index < -0.39 is 5.60 Å². The summed E-state index contributed by atoms with van der Waals surface area (Å²) in [6.45, 7) is 8.05. The average Bonchev–Trinajstić information content (AvgIpc) is 2.78. The zero-order valence-electron chi connectivity index (χ0n) is 22.2. The Kier molecular flexibility index (Phi) is 8.71. The molecule has 1 aromatic carbocycles. The second kappa shape index (κ2) is 11.4. The molecule has 0 unspecified atom stereocenters. The van der Waals surface area contributed by atoms with Gasteiger partial charge >= 0.3 is 6.09 Å². The third kappa shape index (κ3) is 7.03. The van der Waals surface area contributed by atoms with E-state index in [1.165, 1.54) is 38.5 Å². The highest BCUT2D eigenvalue weighted by atomic mass is 35.5. The van der Waals surface area contributed by atoms with Crippen molar-refractivity contribution in [1.82, 2.24) is 10.2 Å². The summed E-state index contributed by atoms with van der Waals surface area (Å²) in [5.41, 5.74) is 1.07. The molecule has 4 aliphatic rings. The number of nitrogens with zero attached hydrogens (tertiary/aromatic N) is 1. The fraction of sp³-hybridized carbons (Fsp3) is 0.714. The number of thioether (sulfide) groups is 1. The van der Waals surface area contributed by atoms with Crippen LogP contribution in [0.4, 0.5) is 10.5 Å². The number of carbonyl (C=O) groups is 2. The minimum Gasteiger partial charge on any atom is -0.444 e. The largest absolute Gasteiger partial charge is 0.444 e. The summed E-state index contributed by atoms with van der Waals surface area (Å²) in [7, 11) is 0. The SMILES string of the molecule is CSCCN(CCNc1ccc(Cl)c(C(=O)NCC23CC4CC(CC(C4)C2)C3)c1)C(=O)OC(C)(C)C. The van der Waals surface area contributed by atoms with E-state index >= 15 is 0 Å². The maximum atomic E-state index is 13.1. The molecule has 6 nitrogen and oxygen atoms in total. The molecule has 200 valence electrons. The zero-order valence-corrected chi connectivity index (χ0v) is 23.8. The van der Waals surface area contributed by atoms with Gasteiger partial charge in [0.2, 0.25) is 0 Å². The van der Waals surface area contributed by atoms with Gasteiger partial charge in [0.05, 0.1) is 10.6 Å². The Morgan fingerprint density at radius 1 is 1.11 bits per heavy atom. The molecule has 8 heteroatoms. The molecule has 36 heavy (non-hydrogen) atoms. The van der Waals surface area contributed by atoms with Crippen LogP contribution in [0.5, 0.6) is 0 Å². The standard InChI is InChI=1S/C28H42ClN3O3S/c1-27(2,3)35-26(34)32(9-10-36-4)8-7-30-22-5-6-24(29)23(14-22)25(33)31-18-28-15-19-11-20(16-28)13-21(12-19)17-28/h5-6,14,19-21,30H,7-13,15-18H2,1-4H3,(H,31,33). The van der Waals surface area contributed by atoms with Gasteiger partial charge in [-0.1, -0.05) is 11.6 Å². The molecule has 0 spiro atoms. The van der Waals surface area contributed by atoms with Crippen molar-refractivity contribution in [2.45, 2.75) is 64.9 Å². The number of amides is 2. The first-order valence-electron chi connectivity index (χ1n) is 13.3. The highest BCUT2D eigenvalue weighted by Crippen LogP contribution is 2.59. The molecule has 1 aromatic rings. The summed E-state index contributed by atoms with van der Waals surface area (Å²) in [5, 5.41) is 7.04. The topological polar surface area (TPSA) is 70.7 Å². The van der Waals surface area contributed by atoms with Crippen LogP contribution in [-0.4, -0.2) is 60.7 Å². The average molecular weight is 536 g/mol. The molecule has 4 saturated carbocycles. The van der Waals surface area contributed by atoms with Crippen molar-refractivity contribution in [3.8, 4) is 0 Å². The van der Waals surface area contributed by atoms with Crippen LogP contribution in [0.1, 0.15) is 69.7 Å². The van der Waals surface area contributed by atoms with Crippen LogP contribution in [0.3, 0.4) is 0 Å². The number of halogens is 1. The first-order chi connectivity index (χ1) is 17.1. The third-order valence-corrected chi connectivity index (χ3v) is 8.85. The third-order valence-electron chi connectivity index (χ3n) is 7.93. The van der Waals surface area contributed by atoms with Gasteiger partial charge in [-0.3, -0.25) is 4.79 Å². The predicted octanol–water partition coefficient (Wildman–Crippen LogP) is 6.30. The van der Waals surface area contributed by atoms with Gasteiger partial charge in [-0.05, 0) is 107 Å². The lowest BCUT2D eigenvalue weighted by Gasteiger charge is -2.56. The maximum Gasteiger partial charge on any atom is 0.410 e. The van der Waals surface area contributed by atoms with Crippen molar-refractivity contribution in [1.29, 1.82) is 0 Å². The quantitative estimate of drug-likeness (QED) is 0.368. The summed E-state index contributed by atoms with van der Waals surface area (Å²) in [5.74, 6) is 3.32. The van der Waals surface area contributed by atoms with Gasteiger partial charge in [0.15, 0.2) is 0 Å². The van der Waals surface area contributed by atoms with E-state index in [4.69, 9.17) is 16.3 Å². The van der Waals surface area contributed by atoms with Crippen LogP contribution in [0.2, 0.25) is 5.02 Å². The molecular weight excluding hydrogens is 494 g/mol. The molecule has 0 atom stereocenters. The van der Waals surface area contributed by atoms with E-state index in [1.54, 1.807) is 22.7 Å². The van der Waals surface area contributed by atoms with Gasteiger partial charge in [0.1, 0.15) is 5.60 Å². The Morgan fingerprint density at radius 3 is 2.33 bits per heavy atom. The second-order valence-corrected chi connectivity index (χ2v) is 13.6. The molecule has 4 aliphatic carbocycles. The van der Waals surface area contributed by atoms with Gasteiger partial charge in [-0.25, -0.2) is 4.79 Å². The second-order valence-electron chi connectivity index (χ2n) is 12.2. The monoisotopic (exact) mass is 535 g/mol. The van der Waals surface area contributed by atoms with Crippen molar-refractivity contribution >= 4 is 41.1 Å². The number of hydrogen-bond acceptors (Lipinski definition) is 5. The Hall–Kier alpha value is -1.60. The predicted molar refractivity (Wildman–Crippen MR) is 149 cm³/mol. The minimum atomic E-state index is -0.531. The molecule has 0 radical (unpaired) electrons. The number of rotatable bonds is 10. The number of nitrogens with one attached hydrogen (secondary N) is 2. The molecular formula is C28H42ClN3O3S. The molecule has 2 N–H and O–H groups in total. The number of benzene rings is 1. The molecule has 0 saturated heterocycles. The van der Waals surface area contributed by atoms with Crippen LogP contribution in [0.25, 0.3) is 0 Å². The van der Waals surface area contributed by atoms with Crippen molar-refractivity contribution in [2.75, 3.05) is 43.5 Å². The van der Waals surface area contributed by atoms with E-state index in [0.717, 1.165) is 35.7 Å². The van der Waals surface area contributed by atoms with E-state index in [9.17, 15) is 9.59 Å². The molecule has 5 rings (SSSR count). The highest BCUT2D eigenvalue weighted by Gasteiger charge is 2.50. The Morgan fingerprint density at radius 2 is 1.75 bits per heavy atom. The normalized spacial score (nSPS) is 26.5. The summed E-state index contributed by atoms with van der Waals surface area (Å²) in [4.78, 5) is 27.5. The summed E-state index contributed by atoms with van der Waals surface area (Å²) in [6.07, 6.45) is 9.70. The van der Waals surface area contributed by atoms with E-state index in [2.05, 4.69) is 10.6 Å². The molecule has 2 amide bonds.